The van der Waals surface area contributed by atoms with Crippen LogP contribution >= 0.6 is 0 Å². The molecule has 7 nitrogen and oxygen atoms in total. The number of anilines is 2. The molecule has 2 N–H and O–H groups in total. The molecule has 2 aromatic rings. The smallest absolute Gasteiger partial charge is 0.224 e. The number of benzene rings is 1. The summed E-state index contributed by atoms with van der Waals surface area (Å²) in [5.74, 6) is 2.31. The van der Waals surface area contributed by atoms with E-state index in [1.165, 1.54) is 0 Å². The minimum atomic E-state index is 0.577. The average Bonchev–Trinajstić information content (AvgIpc) is 2.67. The van der Waals surface area contributed by atoms with Crippen LogP contribution in [0.5, 0.6) is 5.75 Å². The monoisotopic (exact) mass is 343 g/mol. The molecule has 1 fully saturated rings. The SMILES string of the molecule is c1ccc(OCCNc2ccnc(NCCN3CCOCC3)n2)cc1. The normalized spacial score (nSPS) is 14.9. The van der Waals surface area contributed by atoms with Gasteiger partial charge in [-0.05, 0) is 18.2 Å². The molecule has 1 aromatic heterocycles. The minimum absolute atomic E-state index is 0.577. The molecule has 25 heavy (non-hydrogen) atoms. The summed E-state index contributed by atoms with van der Waals surface area (Å²) in [6, 6.07) is 11.6. The van der Waals surface area contributed by atoms with E-state index in [2.05, 4.69) is 25.5 Å². The summed E-state index contributed by atoms with van der Waals surface area (Å²) in [5.41, 5.74) is 0. The third kappa shape index (κ3) is 6.21. The quantitative estimate of drug-likeness (QED) is 0.672. The van der Waals surface area contributed by atoms with Crippen LogP contribution in [0.15, 0.2) is 42.6 Å². The van der Waals surface area contributed by atoms with Gasteiger partial charge in [0.1, 0.15) is 18.2 Å². The lowest BCUT2D eigenvalue weighted by Crippen LogP contribution is -2.39. The van der Waals surface area contributed by atoms with E-state index < -0.39 is 0 Å². The predicted molar refractivity (Wildman–Crippen MR) is 98.2 cm³/mol. The van der Waals surface area contributed by atoms with Crippen LogP contribution in [0.25, 0.3) is 0 Å². The molecule has 3 rings (SSSR count). The molecule has 0 radical (unpaired) electrons. The zero-order chi connectivity index (χ0) is 17.2. The zero-order valence-corrected chi connectivity index (χ0v) is 14.4. The second kappa shape index (κ2) is 9.80. The maximum absolute atomic E-state index is 5.65. The van der Waals surface area contributed by atoms with Crippen molar-refractivity contribution in [3.05, 3.63) is 42.6 Å². The van der Waals surface area contributed by atoms with Gasteiger partial charge in [0, 0.05) is 32.4 Å². The number of aromatic nitrogens is 2. The molecule has 0 bridgehead atoms. The maximum Gasteiger partial charge on any atom is 0.224 e. The van der Waals surface area contributed by atoms with Crippen LogP contribution in [-0.2, 0) is 4.74 Å². The Morgan fingerprint density at radius 2 is 1.88 bits per heavy atom. The van der Waals surface area contributed by atoms with Gasteiger partial charge in [0.25, 0.3) is 0 Å². The van der Waals surface area contributed by atoms with Gasteiger partial charge in [0.05, 0.1) is 19.8 Å². The maximum atomic E-state index is 5.65. The Balaban J connectivity index is 1.35. The average molecular weight is 343 g/mol. The van der Waals surface area contributed by atoms with Gasteiger partial charge < -0.3 is 20.1 Å². The summed E-state index contributed by atoms with van der Waals surface area (Å²) in [4.78, 5) is 11.1. The van der Waals surface area contributed by atoms with Crippen molar-refractivity contribution in [1.29, 1.82) is 0 Å². The Bertz CT molecular complexity index is 620. The first kappa shape index (κ1) is 17.4. The lowest BCUT2D eigenvalue weighted by atomic mass is 10.3. The molecule has 0 unspecified atom stereocenters. The van der Waals surface area contributed by atoms with Gasteiger partial charge in [-0.15, -0.1) is 0 Å². The molecule has 1 aliphatic heterocycles. The number of para-hydroxylation sites is 1. The van der Waals surface area contributed by atoms with E-state index in [0.29, 0.717) is 19.1 Å². The first-order valence-electron chi connectivity index (χ1n) is 8.69. The van der Waals surface area contributed by atoms with Crippen molar-refractivity contribution in [3.8, 4) is 5.75 Å². The summed E-state index contributed by atoms with van der Waals surface area (Å²) in [5, 5.41) is 6.52. The Labute approximate surface area is 148 Å². The largest absolute Gasteiger partial charge is 0.492 e. The van der Waals surface area contributed by atoms with Crippen molar-refractivity contribution in [1.82, 2.24) is 14.9 Å². The summed E-state index contributed by atoms with van der Waals surface area (Å²) in [7, 11) is 0. The number of morpholine rings is 1. The van der Waals surface area contributed by atoms with E-state index in [9.17, 15) is 0 Å². The predicted octanol–water partition coefficient (Wildman–Crippen LogP) is 1.71. The summed E-state index contributed by atoms with van der Waals surface area (Å²) < 4.78 is 11.0. The molecule has 1 aliphatic rings. The molecule has 134 valence electrons. The number of ether oxygens (including phenoxy) is 2. The number of nitrogens with zero attached hydrogens (tertiary/aromatic N) is 3. The van der Waals surface area contributed by atoms with Gasteiger partial charge in [-0.3, -0.25) is 4.90 Å². The van der Waals surface area contributed by atoms with Crippen molar-refractivity contribution in [2.45, 2.75) is 0 Å². The van der Waals surface area contributed by atoms with Crippen molar-refractivity contribution < 1.29 is 9.47 Å². The lowest BCUT2D eigenvalue weighted by Gasteiger charge is -2.26. The minimum Gasteiger partial charge on any atom is -0.492 e. The van der Waals surface area contributed by atoms with Crippen molar-refractivity contribution in [3.63, 3.8) is 0 Å². The summed E-state index contributed by atoms with van der Waals surface area (Å²) >= 11 is 0. The molecule has 0 spiro atoms. The van der Waals surface area contributed by atoms with Crippen LogP contribution < -0.4 is 15.4 Å². The number of nitrogens with one attached hydrogen (secondary N) is 2. The highest BCUT2D eigenvalue weighted by atomic mass is 16.5. The molecular weight excluding hydrogens is 318 g/mol. The van der Waals surface area contributed by atoms with Gasteiger partial charge in [0.2, 0.25) is 5.95 Å². The fourth-order valence-corrected chi connectivity index (χ4v) is 2.56. The second-order valence-corrected chi connectivity index (χ2v) is 5.73. The number of hydrogen-bond donors (Lipinski definition) is 2. The van der Waals surface area contributed by atoms with Crippen molar-refractivity contribution in [2.75, 3.05) is 63.2 Å². The highest BCUT2D eigenvalue weighted by Gasteiger charge is 2.09. The van der Waals surface area contributed by atoms with Gasteiger partial charge in [-0.2, -0.15) is 4.98 Å². The molecular formula is C18H25N5O2. The molecule has 1 aromatic carbocycles. The second-order valence-electron chi connectivity index (χ2n) is 5.73. The molecule has 1 saturated heterocycles. The summed E-state index contributed by atoms with van der Waals surface area (Å²) in [6.07, 6.45) is 1.75. The Kier molecular flexibility index (Phi) is 6.84. The van der Waals surface area contributed by atoms with Gasteiger partial charge >= 0.3 is 0 Å². The third-order valence-corrected chi connectivity index (χ3v) is 3.89. The summed E-state index contributed by atoms with van der Waals surface area (Å²) in [6.45, 7) is 6.67. The molecule has 0 amide bonds. The van der Waals surface area contributed by atoms with Gasteiger partial charge in [-0.1, -0.05) is 18.2 Å². The Morgan fingerprint density at radius 3 is 2.72 bits per heavy atom. The highest BCUT2D eigenvalue weighted by molar-refractivity contribution is 5.39. The molecule has 2 heterocycles. The zero-order valence-electron chi connectivity index (χ0n) is 14.4. The topological polar surface area (TPSA) is 71.5 Å². The van der Waals surface area contributed by atoms with E-state index in [1.54, 1.807) is 6.20 Å². The fourth-order valence-electron chi connectivity index (χ4n) is 2.56. The van der Waals surface area contributed by atoms with Crippen LogP contribution in [0, 0.1) is 0 Å². The van der Waals surface area contributed by atoms with Crippen LogP contribution in [0.1, 0.15) is 0 Å². The van der Waals surface area contributed by atoms with E-state index >= 15 is 0 Å². The molecule has 0 saturated carbocycles. The fraction of sp³-hybridized carbons (Fsp3) is 0.444. The van der Waals surface area contributed by atoms with Gasteiger partial charge in [0.15, 0.2) is 0 Å². The standard InChI is InChI=1S/C18H25N5O2/c1-2-4-16(5-3-1)25-13-9-19-17-6-7-20-18(22-17)21-8-10-23-11-14-24-15-12-23/h1-7H,8-15H2,(H2,19,20,21,22). The van der Waals surface area contributed by atoms with Crippen LogP contribution in [0.2, 0.25) is 0 Å². The molecule has 7 heteroatoms. The lowest BCUT2D eigenvalue weighted by molar-refractivity contribution is 0.0398. The molecule has 0 aliphatic carbocycles. The first-order valence-corrected chi connectivity index (χ1v) is 8.69. The van der Waals surface area contributed by atoms with Gasteiger partial charge in [-0.25, -0.2) is 4.98 Å². The highest BCUT2D eigenvalue weighted by Crippen LogP contribution is 2.09. The third-order valence-electron chi connectivity index (χ3n) is 3.89. The van der Waals surface area contributed by atoms with Crippen LogP contribution in [0.3, 0.4) is 0 Å². The molecule has 0 atom stereocenters. The van der Waals surface area contributed by atoms with E-state index in [-0.39, 0.29) is 0 Å². The number of rotatable bonds is 9. The van der Waals surface area contributed by atoms with E-state index in [0.717, 1.165) is 51.0 Å². The van der Waals surface area contributed by atoms with E-state index in [4.69, 9.17) is 9.47 Å². The Hall–Kier alpha value is -2.38. The first-order chi connectivity index (χ1) is 12.4. The number of hydrogen-bond acceptors (Lipinski definition) is 7. The van der Waals surface area contributed by atoms with Crippen molar-refractivity contribution in [2.24, 2.45) is 0 Å². The van der Waals surface area contributed by atoms with Crippen molar-refractivity contribution >= 4 is 11.8 Å². The Morgan fingerprint density at radius 1 is 1.04 bits per heavy atom. The van der Waals surface area contributed by atoms with Crippen LogP contribution in [-0.4, -0.2) is 67.4 Å². The van der Waals surface area contributed by atoms with E-state index in [1.807, 2.05) is 36.4 Å². The van der Waals surface area contributed by atoms with Crippen LogP contribution in [0.4, 0.5) is 11.8 Å².